The number of benzene rings is 3. The summed E-state index contributed by atoms with van der Waals surface area (Å²) in [6.07, 6.45) is 5.29. The number of fused-ring (bicyclic) bond motifs is 3. The van der Waals surface area contributed by atoms with Crippen LogP contribution in [0.5, 0.6) is 0 Å². The molecule has 0 unspecified atom stereocenters. The highest BCUT2D eigenvalue weighted by atomic mass is 16.6. The van der Waals surface area contributed by atoms with Crippen molar-refractivity contribution < 1.29 is 19.1 Å². The molecule has 0 fully saturated rings. The van der Waals surface area contributed by atoms with Crippen molar-refractivity contribution in [1.29, 1.82) is 0 Å². The Labute approximate surface area is 213 Å². The first-order valence-electron chi connectivity index (χ1n) is 12.0. The van der Waals surface area contributed by atoms with Crippen molar-refractivity contribution in [3.63, 3.8) is 0 Å². The van der Waals surface area contributed by atoms with Gasteiger partial charge in [0.05, 0.1) is 6.42 Å². The lowest BCUT2D eigenvalue weighted by Crippen LogP contribution is -2.29. The third-order valence-corrected chi connectivity index (χ3v) is 6.41. The fraction of sp³-hybridized carbons (Fsp3) is 0.290. The molecular formula is C31H31NO4. The van der Waals surface area contributed by atoms with E-state index in [1.165, 1.54) is 16.0 Å². The Morgan fingerprint density at radius 2 is 1.58 bits per heavy atom. The number of nitrogens with zero attached hydrogens (tertiary/aromatic N) is 1. The molecule has 0 saturated carbocycles. The summed E-state index contributed by atoms with van der Waals surface area (Å²) in [5.74, 6) is 2.28. The number of amides is 1. The van der Waals surface area contributed by atoms with E-state index in [2.05, 4.69) is 30.2 Å². The van der Waals surface area contributed by atoms with Crippen molar-refractivity contribution >= 4 is 17.7 Å². The SMILES string of the molecule is C#Cc1cc(N(C)C(=O)OCC2c3ccccc3-c3ccccc32)cc(CC(=O)OC(C)(C)C)c1C. The molecule has 1 aliphatic carbocycles. The molecule has 1 aliphatic rings. The van der Waals surface area contributed by atoms with Crippen LogP contribution in [0, 0.1) is 19.3 Å². The van der Waals surface area contributed by atoms with E-state index in [4.69, 9.17) is 15.9 Å². The van der Waals surface area contributed by atoms with E-state index < -0.39 is 11.7 Å². The Balaban J connectivity index is 1.53. The molecule has 3 aromatic carbocycles. The fourth-order valence-corrected chi connectivity index (χ4v) is 4.61. The molecule has 0 heterocycles. The van der Waals surface area contributed by atoms with E-state index in [1.54, 1.807) is 19.2 Å². The molecular weight excluding hydrogens is 450 g/mol. The number of esters is 1. The molecule has 0 saturated heterocycles. The number of carbonyl (C=O) groups is 2. The van der Waals surface area contributed by atoms with Gasteiger partial charge in [-0.3, -0.25) is 9.69 Å². The van der Waals surface area contributed by atoms with Crippen LogP contribution in [0.2, 0.25) is 0 Å². The van der Waals surface area contributed by atoms with Gasteiger partial charge in [-0.15, -0.1) is 6.42 Å². The molecule has 0 bridgehead atoms. The van der Waals surface area contributed by atoms with Crippen molar-refractivity contribution in [2.24, 2.45) is 0 Å². The topological polar surface area (TPSA) is 55.8 Å². The molecule has 1 amide bonds. The van der Waals surface area contributed by atoms with Crippen LogP contribution in [-0.2, 0) is 20.7 Å². The largest absolute Gasteiger partial charge is 0.460 e. The van der Waals surface area contributed by atoms with E-state index in [0.717, 1.165) is 16.7 Å². The number of hydrogen-bond acceptors (Lipinski definition) is 4. The Morgan fingerprint density at radius 1 is 1.00 bits per heavy atom. The van der Waals surface area contributed by atoms with Gasteiger partial charge in [-0.25, -0.2) is 4.79 Å². The van der Waals surface area contributed by atoms with Gasteiger partial charge in [0.15, 0.2) is 0 Å². The van der Waals surface area contributed by atoms with Crippen molar-refractivity contribution in [3.05, 3.63) is 88.5 Å². The van der Waals surface area contributed by atoms with Crippen LogP contribution < -0.4 is 4.90 Å². The van der Waals surface area contributed by atoms with E-state index in [0.29, 0.717) is 16.8 Å². The third kappa shape index (κ3) is 5.13. The summed E-state index contributed by atoms with van der Waals surface area (Å²) in [7, 11) is 1.64. The second-order valence-corrected chi connectivity index (χ2v) is 10.0. The van der Waals surface area contributed by atoms with Gasteiger partial charge in [0, 0.05) is 24.2 Å². The van der Waals surface area contributed by atoms with Gasteiger partial charge in [-0.1, -0.05) is 54.5 Å². The van der Waals surface area contributed by atoms with Crippen LogP contribution in [0.15, 0.2) is 60.7 Å². The van der Waals surface area contributed by atoms with Gasteiger partial charge in [0.2, 0.25) is 0 Å². The Morgan fingerprint density at radius 3 is 2.14 bits per heavy atom. The fourth-order valence-electron chi connectivity index (χ4n) is 4.61. The highest BCUT2D eigenvalue weighted by Crippen LogP contribution is 2.44. The molecule has 0 atom stereocenters. The van der Waals surface area contributed by atoms with Crippen LogP contribution in [-0.4, -0.2) is 31.3 Å². The van der Waals surface area contributed by atoms with Gasteiger partial charge >= 0.3 is 12.1 Å². The second kappa shape index (κ2) is 9.91. The smallest absolute Gasteiger partial charge is 0.414 e. The summed E-state index contributed by atoms with van der Waals surface area (Å²) in [5.41, 5.74) is 6.76. The Kier molecular flexibility index (Phi) is 6.90. The van der Waals surface area contributed by atoms with Crippen LogP contribution in [0.4, 0.5) is 10.5 Å². The minimum absolute atomic E-state index is 0.0308. The maximum absolute atomic E-state index is 13.1. The van der Waals surface area contributed by atoms with E-state index in [1.807, 2.05) is 52.0 Å². The quantitative estimate of drug-likeness (QED) is 0.319. The number of carbonyl (C=O) groups excluding carboxylic acids is 2. The number of hydrogen-bond donors (Lipinski definition) is 0. The molecule has 0 spiro atoms. The first-order valence-corrected chi connectivity index (χ1v) is 12.0. The maximum Gasteiger partial charge on any atom is 0.414 e. The molecule has 0 radical (unpaired) electrons. The lowest BCUT2D eigenvalue weighted by atomic mass is 9.98. The number of anilines is 1. The average Bonchev–Trinajstić information content (AvgIpc) is 3.16. The number of ether oxygens (including phenoxy) is 2. The summed E-state index contributed by atoms with van der Waals surface area (Å²) < 4.78 is 11.3. The highest BCUT2D eigenvalue weighted by Gasteiger charge is 2.29. The van der Waals surface area contributed by atoms with E-state index >= 15 is 0 Å². The van der Waals surface area contributed by atoms with Crippen LogP contribution >= 0.6 is 0 Å². The van der Waals surface area contributed by atoms with Crippen molar-refractivity contribution in [1.82, 2.24) is 0 Å². The third-order valence-electron chi connectivity index (χ3n) is 6.41. The molecule has 0 aromatic heterocycles. The standard InChI is InChI=1S/C31H31NO4/c1-7-21-16-23(17-22(20(21)2)18-29(33)36-31(3,4)5)32(6)30(34)35-19-28-26-14-10-8-12-24(26)25-13-9-11-15-27(25)28/h1,8-17,28H,18-19H2,2-6H3. The molecule has 5 nitrogen and oxygen atoms in total. The highest BCUT2D eigenvalue weighted by molar-refractivity contribution is 5.88. The molecule has 4 rings (SSSR count). The lowest BCUT2D eigenvalue weighted by Gasteiger charge is -2.22. The number of rotatable bonds is 5. The number of terminal acetylenes is 1. The van der Waals surface area contributed by atoms with Crippen molar-refractivity contribution in [2.45, 2.75) is 45.6 Å². The molecule has 5 heteroatoms. The Hall–Kier alpha value is -4.04. The van der Waals surface area contributed by atoms with Gasteiger partial charge < -0.3 is 9.47 Å². The molecule has 3 aromatic rings. The maximum atomic E-state index is 13.1. The van der Waals surface area contributed by atoms with E-state index in [-0.39, 0.29) is 24.9 Å². The van der Waals surface area contributed by atoms with Gasteiger partial charge in [0.1, 0.15) is 12.2 Å². The summed E-state index contributed by atoms with van der Waals surface area (Å²) in [5, 5.41) is 0. The average molecular weight is 482 g/mol. The molecule has 184 valence electrons. The lowest BCUT2D eigenvalue weighted by molar-refractivity contribution is -0.153. The zero-order valence-electron chi connectivity index (χ0n) is 21.4. The van der Waals surface area contributed by atoms with E-state index in [9.17, 15) is 9.59 Å². The zero-order valence-corrected chi connectivity index (χ0v) is 21.4. The van der Waals surface area contributed by atoms with Crippen LogP contribution in [0.3, 0.4) is 0 Å². The summed E-state index contributed by atoms with van der Waals surface area (Å²) in [6, 6.07) is 20.0. The minimum Gasteiger partial charge on any atom is -0.460 e. The predicted molar refractivity (Wildman–Crippen MR) is 142 cm³/mol. The molecule has 0 aliphatic heterocycles. The minimum atomic E-state index is -0.588. The van der Waals surface area contributed by atoms with Crippen LogP contribution in [0.25, 0.3) is 11.1 Å². The van der Waals surface area contributed by atoms with Gasteiger partial charge in [-0.05, 0) is 73.2 Å². The first kappa shape index (κ1) is 25.1. The Bertz CT molecular complexity index is 1310. The van der Waals surface area contributed by atoms with Crippen LogP contribution in [0.1, 0.15) is 54.5 Å². The predicted octanol–water partition coefficient (Wildman–Crippen LogP) is 6.25. The summed E-state index contributed by atoms with van der Waals surface area (Å²) in [4.78, 5) is 27.0. The summed E-state index contributed by atoms with van der Waals surface area (Å²) >= 11 is 0. The zero-order chi connectivity index (χ0) is 26.0. The first-order chi connectivity index (χ1) is 17.1. The monoisotopic (exact) mass is 481 g/mol. The van der Waals surface area contributed by atoms with Gasteiger partial charge in [-0.2, -0.15) is 0 Å². The molecule has 36 heavy (non-hydrogen) atoms. The van der Waals surface area contributed by atoms with Gasteiger partial charge in [0.25, 0.3) is 0 Å². The van der Waals surface area contributed by atoms with Crippen molar-refractivity contribution in [2.75, 3.05) is 18.6 Å². The summed E-state index contributed by atoms with van der Waals surface area (Å²) in [6.45, 7) is 7.56. The molecule has 0 N–H and O–H groups in total. The normalized spacial score (nSPS) is 12.3. The second-order valence-electron chi connectivity index (χ2n) is 10.0. The van der Waals surface area contributed by atoms with Crippen molar-refractivity contribution in [3.8, 4) is 23.5 Å².